The summed E-state index contributed by atoms with van der Waals surface area (Å²) in [7, 11) is 0. The summed E-state index contributed by atoms with van der Waals surface area (Å²) in [4.78, 5) is 11.6. The van der Waals surface area contributed by atoms with Gasteiger partial charge in [0, 0.05) is 11.6 Å². The zero-order valence-corrected chi connectivity index (χ0v) is 10.8. The number of carbonyl (C=O) groups excluding carboxylic acids is 1. The molecule has 3 nitrogen and oxygen atoms in total. The molecule has 0 aliphatic rings. The summed E-state index contributed by atoms with van der Waals surface area (Å²) in [5.41, 5.74) is 0.547. The van der Waals surface area contributed by atoms with Crippen LogP contribution in [0.25, 0.3) is 0 Å². The lowest BCUT2D eigenvalue weighted by molar-refractivity contribution is 0.231. The Hall–Kier alpha value is -1.48. The largest absolute Gasteiger partial charge is 0.335 e. The fourth-order valence-electron chi connectivity index (χ4n) is 1.43. The number of benzene rings is 1. The highest BCUT2D eigenvalue weighted by Gasteiger charge is 2.22. The van der Waals surface area contributed by atoms with E-state index < -0.39 is 5.54 Å². The monoisotopic (exact) mass is 252 g/mol. The molecule has 1 rings (SSSR count). The summed E-state index contributed by atoms with van der Waals surface area (Å²) in [5.74, 6) is 0. The van der Waals surface area contributed by atoms with Crippen LogP contribution in [-0.2, 0) is 5.54 Å². The van der Waals surface area contributed by atoms with Crippen LogP contribution in [0.4, 0.5) is 4.79 Å². The Labute approximate surface area is 107 Å². The summed E-state index contributed by atoms with van der Waals surface area (Å²) in [5, 5.41) is 6.24. The Balaban J connectivity index is 2.70. The average molecular weight is 253 g/mol. The Bertz CT molecular complexity index is 398. The molecule has 0 saturated heterocycles. The maximum absolute atomic E-state index is 11.6. The molecular weight excluding hydrogens is 236 g/mol. The third kappa shape index (κ3) is 4.11. The second-order valence-corrected chi connectivity index (χ2v) is 4.69. The molecule has 4 heteroatoms. The molecule has 1 aromatic carbocycles. The molecule has 1 aromatic rings. The van der Waals surface area contributed by atoms with Crippen LogP contribution in [0, 0.1) is 0 Å². The fourth-order valence-corrected chi connectivity index (χ4v) is 1.56. The van der Waals surface area contributed by atoms with E-state index in [4.69, 9.17) is 11.6 Å². The molecular formula is C13H17ClN2O. The highest BCUT2D eigenvalue weighted by molar-refractivity contribution is 6.30. The van der Waals surface area contributed by atoms with Gasteiger partial charge in [-0.3, -0.25) is 0 Å². The van der Waals surface area contributed by atoms with E-state index in [1.165, 1.54) is 0 Å². The molecule has 0 heterocycles. The van der Waals surface area contributed by atoms with E-state index in [2.05, 4.69) is 17.2 Å². The molecule has 0 atom stereocenters. The molecule has 0 fully saturated rings. The zero-order valence-electron chi connectivity index (χ0n) is 10.1. The first-order valence-electron chi connectivity index (χ1n) is 5.38. The molecule has 0 aliphatic carbocycles. The van der Waals surface area contributed by atoms with Gasteiger partial charge in [0.25, 0.3) is 0 Å². The predicted octanol–water partition coefficient (Wildman–Crippen LogP) is 3.06. The van der Waals surface area contributed by atoms with Crippen LogP contribution in [0.5, 0.6) is 0 Å². The van der Waals surface area contributed by atoms with Gasteiger partial charge in [0.15, 0.2) is 0 Å². The molecule has 0 bridgehead atoms. The average Bonchev–Trinajstić information content (AvgIpc) is 2.26. The molecule has 0 spiro atoms. The van der Waals surface area contributed by atoms with Crippen molar-refractivity contribution >= 4 is 17.6 Å². The second kappa shape index (κ2) is 5.73. The van der Waals surface area contributed by atoms with Crippen LogP contribution in [0.15, 0.2) is 36.9 Å². The van der Waals surface area contributed by atoms with Gasteiger partial charge in [-0.25, -0.2) is 4.79 Å². The molecule has 2 amide bonds. The summed E-state index contributed by atoms with van der Waals surface area (Å²) < 4.78 is 0. The van der Waals surface area contributed by atoms with Gasteiger partial charge >= 0.3 is 6.03 Å². The van der Waals surface area contributed by atoms with Crippen LogP contribution in [-0.4, -0.2) is 12.6 Å². The van der Waals surface area contributed by atoms with Crippen molar-refractivity contribution in [2.75, 3.05) is 6.54 Å². The van der Waals surface area contributed by atoms with Crippen molar-refractivity contribution in [3.8, 4) is 0 Å². The number of carbonyl (C=O) groups is 1. The summed E-state index contributed by atoms with van der Waals surface area (Å²) in [6.45, 7) is 7.86. The number of halogens is 1. The first-order valence-corrected chi connectivity index (χ1v) is 5.76. The Morgan fingerprint density at radius 1 is 1.41 bits per heavy atom. The Kier molecular flexibility index (Phi) is 4.58. The van der Waals surface area contributed by atoms with E-state index in [0.29, 0.717) is 11.6 Å². The van der Waals surface area contributed by atoms with Crippen molar-refractivity contribution in [1.82, 2.24) is 10.6 Å². The van der Waals surface area contributed by atoms with E-state index >= 15 is 0 Å². The standard InChI is InChI=1S/C13H17ClN2O/c1-4-9-15-12(17)16-13(2,3)10-5-7-11(14)8-6-10/h4-8H,1,9H2,2-3H3,(H2,15,16,17). The maximum atomic E-state index is 11.6. The van der Waals surface area contributed by atoms with Gasteiger partial charge in [-0.15, -0.1) is 6.58 Å². The normalized spacial score (nSPS) is 10.8. The lowest BCUT2D eigenvalue weighted by Crippen LogP contribution is -2.46. The Morgan fingerprint density at radius 3 is 2.53 bits per heavy atom. The summed E-state index contributed by atoms with van der Waals surface area (Å²) in [6, 6.07) is 7.20. The fraction of sp³-hybridized carbons (Fsp3) is 0.308. The van der Waals surface area contributed by atoms with E-state index in [0.717, 1.165) is 5.56 Å². The lowest BCUT2D eigenvalue weighted by Gasteiger charge is -2.27. The van der Waals surface area contributed by atoms with Gasteiger partial charge in [0.05, 0.1) is 5.54 Å². The highest BCUT2D eigenvalue weighted by Crippen LogP contribution is 2.21. The van der Waals surface area contributed by atoms with Crippen LogP contribution >= 0.6 is 11.6 Å². The van der Waals surface area contributed by atoms with E-state index in [9.17, 15) is 4.79 Å². The van der Waals surface area contributed by atoms with E-state index in [1.807, 2.05) is 38.1 Å². The SMILES string of the molecule is C=CCNC(=O)NC(C)(C)c1ccc(Cl)cc1. The topological polar surface area (TPSA) is 41.1 Å². The van der Waals surface area contributed by atoms with Crippen molar-refractivity contribution in [3.05, 3.63) is 47.5 Å². The molecule has 2 N–H and O–H groups in total. The molecule has 92 valence electrons. The third-order valence-corrected chi connectivity index (χ3v) is 2.65. The van der Waals surface area contributed by atoms with Crippen LogP contribution in [0.1, 0.15) is 19.4 Å². The summed E-state index contributed by atoms with van der Waals surface area (Å²) >= 11 is 5.83. The number of nitrogens with one attached hydrogen (secondary N) is 2. The van der Waals surface area contributed by atoms with Crippen LogP contribution < -0.4 is 10.6 Å². The predicted molar refractivity (Wildman–Crippen MR) is 71.2 cm³/mol. The van der Waals surface area contributed by atoms with Crippen LogP contribution in [0.3, 0.4) is 0 Å². The minimum Gasteiger partial charge on any atom is -0.335 e. The third-order valence-electron chi connectivity index (χ3n) is 2.40. The number of urea groups is 1. The number of rotatable bonds is 4. The first kappa shape index (κ1) is 13.6. The van der Waals surface area contributed by atoms with Gasteiger partial charge < -0.3 is 10.6 Å². The first-order chi connectivity index (χ1) is 7.95. The molecule has 0 aliphatic heterocycles. The van der Waals surface area contributed by atoms with Crippen molar-refractivity contribution in [2.45, 2.75) is 19.4 Å². The molecule has 0 aromatic heterocycles. The van der Waals surface area contributed by atoms with Crippen LogP contribution in [0.2, 0.25) is 5.02 Å². The second-order valence-electron chi connectivity index (χ2n) is 4.26. The maximum Gasteiger partial charge on any atom is 0.315 e. The smallest absolute Gasteiger partial charge is 0.315 e. The Morgan fingerprint density at radius 2 is 2.00 bits per heavy atom. The van der Waals surface area contributed by atoms with Gasteiger partial charge in [0.2, 0.25) is 0 Å². The van der Waals surface area contributed by atoms with Crippen molar-refractivity contribution in [2.24, 2.45) is 0 Å². The van der Waals surface area contributed by atoms with E-state index in [1.54, 1.807) is 6.08 Å². The van der Waals surface area contributed by atoms with Gasteiger partial charge in [-0.2, -0.15) is 0 Å². The molecule has 17 heavy (non-hydrogen) atoms. The number of amides is 2. The van der Waals surface area contributed by atoms with Gasteiger partial charge in [-0.1, -0.05) is 29.8 Å². The number of hydrogen-bond donors (Lipinski definition) is 2. The van der Waals surface area contributed by atoms with E-state index in [-0.39, 0.29) is 6.03 Å². The minimum atomic E-state index is -0.449. The zero-order chi connectivity index (χ0) is 12.9. The highest BCUT2D eigenvalue weighted by atomic mass is 35.5. The quantitative estimate of drug-likeness (QED) is 0.795. The molecule has 0 radical (unpaired) electrons. The van der Waals surface area contributed by atoms with Crippen molar-refractivity contribution in [3.63, 3.8) is 0 Å². The van der Waals surface area contributed by atoms with Crippen molar-refractivity contribution in [1.29, 1.82) is 0 Å². The van der Waals surface area contributed by atoms with Gasteiger partial charge in [0.1, 0.15) is 0 Å². The van der Waals surface area contributed by atoms with Crippen molar-refractivity contribution < 1.29 is 4.79 Å². The summed E-state index contributed by atoms with van der Waals surface area (Å²) in [6.07, 6.45) is 1.63. The lowest BCUT2D eigenvalue weighted by atomic mass is 9.94. The molecule has 0 unspecified atom stereocenters. The number of hydrogen-bond acceptors (Lipinski definition) is 1. The minimum absolute atomic E-state index is 0.218. The van der Waals surface area contributed by atoms with Gasteiger partial charge in [-0.05, 0) is 31.5 Å². The molecule has 0 saturated carbocycles.